The molecule has 0 bridgehead atoms. The molecule has 0 saturated carbocycles. The summed E-state index contributed by atoms with van der Waals surface area (Å²) in [6.45, 7) is 8.95. The molecule has 0 saturated heterocycles. The van der Waals surface area contributed by atoms with Gasteiger partial charge in [0.15, 0.2) is 0 Å². The monoisotopic (exact) mass is 618 g/mol. The first-order valence-corrected chi connectivity index (χ1v) is 16.8. The number of hydrogen-bond acceptors (Lipinski definition) is 2. The zero-order valence-corrected chi connectivity index (χ0v) is 27.9. The molecule has 5 aromatic carbocycles. The molecule has 2 heteroatoms. The molecule has 1 aliphatic carbocycles. The number of pyridine rings is 2. The lowest BCUT2D eigenvalue weighted by Crippen LogP contribution is -2.31. The van der Waals surface area contributed by atoms with Crippen LogP contribution in [-0.4, -0.2) is 9.97 Å². The predicted molar refractivity (Wildman–Crippen MR) is 203 cm³/mol. The summed E-state index contributed by atoms with van der Waals surface area (Å²) in [6.07, 6.45) is 4.86. The summed E-state index contributed by atoms with van der Waals surface area (Å²) in [4.78, 5) is 10.1. The van der Waals surface area contributed by atoms with Gasteiger partial charge in [-0.15, -0.1) is 0 Å². The van der Waals surface area contributed by atoms with E-state index in [1.807, 2.05) is 0 Å². The van der Waals surface area contributed by atoms with Crippen molar-refractivity contribution in [3.8, 4) is 22.4 Å². The smallest absolute Gasteiger partial charge is 0.0972 e. The Hall–Kier alpha value is -5.60. The minimum atomic E-state index is -0.186. The molecule has 2 aromatic heterocycles. The van der Waals surface area contributed by atoms with Gasteiger partial charge in [0.2, 0.25) is 0 Å². The van der Waals surface area contributed by atoms with Crippen LogP contribution < -0.4 is 0 Å². The average molecular weight is 619 g/mol. The van der Waals surface area contributed by atoms with Crippen molar-refractivity contribution in [2.24, 2.45) is 5.92 Å². The van der Waals surface area contributed by atoms with E-state index in [9.17, 15) is 0 Å². The van der Waals surface area contributed by atoms with E-state index >= 15 is 0 Å². The first-order valence-electron chi connectivity index (χ1n) is 16.8. The van der Waals surface area contributed by atoms with Gasteiger partial charge in [-0.1, -0.05) is 147 Å². The first kappa shape index (κ1) is 29.8. The molecule has 8 rings (SSSR count). The Morgan fingerprint density at radius 3 is 1.98 bits per heavy atom. The van der Waals surface area contributed by atoms with Crippen LogP contribution in [0.25, 0.3) is 55.3 Å². The molecule has 0 amide bonds. The number of nitrogens with zero attached hydrogens (tertiary/aromatic N) is 2. The first-order chi connectivity index (χ1) is 23.4. The highest BCUT2D eigenvalue weighted by atomic mass is 14.8. The second-order valence-electron chi connectivity index (χ2n) is 13.4. The SMILES string of the molecule is Cc1cc(C)c2ccc3ccc(-c4cccc(-c5ccc(C6(C)C=C(c7ccccc7)C=C(c7ccccc7)[C@H]6C)cc5)c4)nc3c2n1. The van der Waals surface area contributed by atoms with Crippen LogP contribution in [0.5, 0.6) is 0 Å². The van der Waals surface area contributed by atoms with E-state index in [-0.39, 0.29) is 5.41 Å². The molecule has 1 unspecified atom stereocenters. The van der Waals surface area contributed by atoms with Crippen LogP contribution in [0.3, 0.4) is 0 Å². The van der Waals surface area contributed by atoms with Crippen molar-refractivity contribution in [2.45, 2.75) is 33.1 Å². The Balaban J connectivity index is 1.16. The zero-order chi connectivity index (χ0) is 32.8. The van der Waals surface area contributed by atoms with Gasteiger partial charge in [0, 0.05) is 27.4 Å². The maximum Gasteiger partial charge on any atom is 0.0972 e. The summed E-state index contributed by atoms with van der Waals surface area (Å²) in [7, 11) is 0. The number of aryl methyl sites for hydroxylation is 2. The normalized spacial score (nSPS) is 17.7. The molecule has 7 aromatic rings. The van der Waals surface area contributed by atoms with Gasteiger partial charge in [0.25, 0.3) is 0 Å². The lowest BCUT2D eigenvalue weighted by atomic mass is 9.64. The summed E-state index contributed by atoms with van der Waals surface area (Å²) < 4.78 is 0. The number of allylic oxidation sites excluding steroid dienone is 4. The molecule has 1 aliphatic rings. The molecule has 0 fully saturated rings. The Bertz CT molecular complexity index is 2370. The van der Waals surface area contributed by atoms with Crippen LogP contribution in [0.1, 0.15) is 41.8 Å². The average Bonchev–Trinajstić information content (AvgIpc) is 3.13. The van der Waals surface area contributed by atoms with E-state index in [1.54, 1.807) is 0 Å². The third-order valence-corrected chi connectivity index (χ3v) is 10.3. The second-order valence-corrected chi connectivity index (χ2v) is 13.4. The van der Waals surface area contributed by atoms with E-state index in [0.29, 0.717) is 5.92 Å². The van der Waals surface area contributed by atoms with Crippen molar-refractivity contribution < 1.29 is 0 Å². The number of aromatic nitrogens is 2. The van der Waals surface area contributed by atoms with Crippen molar-refractivity contribution in [1.82, 2.24) is 9.97 Å². The van der Waals surface area contributed by atoms with Crippen LogP contribution in [0.2, 0.25) is 0 Å². The fourth-order valence-electron chi connectivity index (χ4n) is 7.45. The van der Waals surface area contributed by atoms with Gasteiger partial charge in [0.05, 0.1) is 16.7 Å². The van der Waals surface area contributed by atoms with Gasteiger partial charge < -0.3 is 0 Å². The molecule has 0 spiro atoms. The van der Waals surface area contributed by atoms with Gasteiger partial charge in [-0.2, -0.15) is 0 Å². The molecular formula is C46H38N2. The molecule has 2 nitrogen and oxygen atoms in total. The van der Waals surface area contributed by atoms with Crippen LogP contribution in [0.4, 0.5) is 0 Å². The van der Waals surface area contributed by atoms with E-state index in [0.717, 1.165) is 38.8 Å². The topological polar surface area (TPSA) is 25.8 Å². The maximum atomic E-state index is 5.17. The number of benzene rings is 5. The summed E-state index contributed by atoms with van der Waals surface area (Å²) >= 11 is 0. The maximum absolute atomic E-state index is 5.17. The standard InChI is InChI=1S/C46H38N2/c1-30-26-31(2)47-45-41(30)24-20-36-21-25-43(48-44(36)45)38-17-11-16-37(27-38)34-18-22-40(23-19-34)46(4)29-39(33-12-7-5-8-13-33)28-42(32(46)3)35-14-9-6-10-15-35/h5-29,32H,1-4H3/t32-,46?/m1/s1. The van der Waals surface area contributed by atoms with Crippen LogP contribution in [0, 0.1) is 19.8 Å². The summed E-state index contributed by atoms with van der Waals surface area (Å²) in [5.41, 5.74) is 14.9. The fraction of sp³-hybridized carbons (Fsp3) is 0.130. The molecule has 2 heterocycles. The fourth-order valence-corrected chi connectivity index (χ4v) is 7.45. The van der Waals surface area contributed by atoms with E-state index in [2.05, 4.69) is 179 Å². The minimum Gasteiger partial charge on any atom is -0.251 e. The molecule has 2 atom stereocenters. The summed E-state index contributed by atoms with van der Waals surface area (Å²) in [5, 5.41) is 2.26. The van der Waals surface area contributed by atoms with Gasteiger partial charge in [-0.25, -0.2) is 4.98 Å². The number of rotatable bonds is 5. The Kier molecular flexibility index (Phi) is 7.37. The van der Waals surface area contributed by atoms with Crippen molar-refractivity contribution in [2.75, 3.05) is 0 Å². The van der Waals surface area contributed by atoms with Crippen LogP contribution >= 0.6 is 0 Å². The van der Waals surface area contributed by atoms with Crippen molar-refractivity contribution in [3.63, 3.8) is 0 Å². The second kappa shape index (κ2) is 11.9. The van der Waals surface area contributed by atoms with Crippen LogP contribution in [0.15, 0.2) is 152 Å². The minimum absolute atomic E-state index is 0.186. The summed E-state index contributed by atoms with van der Waals surface area (Å²) in [6, 6.07) is 50.3. The zero-order valence-electron chi connectivity index (χ0n) is 27.9. The predicted octanol–water partition coefficient (Wildman–Crippen LogP) is 11.8. The lowest BCUT2D eigenvalue weighted by molar-refractivity contribution is 0.472. The van der Waals surface area contributed by atoms with Gasteiger partial charge in [-0.3, -0.25) is 4.98 Å². The Morgan fingerprint density at radius 1 is 0.562 bits per heavy atom. The highest BCUT2D eigenvalue weighted by molar-refractivity contribution is 6.04. The number of fused-ring (bicyclic) bond motifs is 3. The molecule has 48 heavy (non-hydrogen) atoms. The Morgan fingerprint density at radius 2 is 1.23 bits per heavy atom. The highest BCUT2D eigenvalue weighted by Gasteiger charge is 2.37. The van der Waals surface area contributed by atoms with Crippen LogP contribution in [-0.2, 0) is 5.41 Å². The Labute approximate surface area is 283 Å². The molecule has 0 aliphatic heterocycles. The van der Waals surface area contributed by atoms with Crippen molar-refractivity contribution >= 4 is 33.0 Å². The lowest BCUT2D eigenvalue weighted by Gasteiger charge is -2.39. The molecule has 0 radical (unpaired) electrons. The van der Waals surface area contributed by atoms with E-state index in [4.69, 9.17) is 9.97 Å². The van der Waals surface area contributed by atoms with Crippen molar-refractivity contribution in [3.05, 3.63) is 180 Å². The van der Waals surface area contributed by atoms with Crippen molar-refractivity contribution in [1.29, 1.82) is 0 Å². The third-order valence-electron chi connectivity index (χ3n) is 10.3. The largest absolute Gasteiger partial charge is 0.251 e. The molecule has 0 N–H and O–H groups in total. The van der Waals surface area contributed by atoms with Gasteiger partial charge in [0.1, 0.15) is 0 Å². The molecule has 232 valence electrons. The summed E-state index contributed by atoms with van der Waals surface area (Å²) in [5.74, 6) is 0.290. The van der Waals surface area contributed by atoms with Gasteiger partial charge >= 0.3 is 0 Å². The quantitative estimate of drug-likeness (QED) is 0.179. The van der Waals surface area contributed by atoms with E-state index in [1.165, 1.54) is 44.5 Å². The number of hydrogen-bond donors (Lipinski definition) is 0. The molecular weight excluding hydrogens is 581 g/mol. The van der Waals surface area contributed by atoms with E-state index < -0.39 is 0 Å². The van der Waals surface area contributed by atoms with Gasteiger partial charge in [-0.05, 0) is 82.5 Å². The third kappa shape index (κ3) is 5.24. The highest BCUT2D eigenvalue weighted by Crippen LogP contribution is 2.47.